The van der Waals surface area contributed by atoms with Gasteiger partial charge in [-0.1, -0.05) is 0 Å². The molecule has 0 saturated carbocycles. The highest BCUT2D eigenvalue weighted by Gasteiger charge is 2.52. The molecule has 0 bridgehead atoms. The van der Waals surface area contributed by atoms with Crippen molar-refractivity contribution in [3.05, 3.63) is 23.4 Å². The van der Waals surface area contributed by atoms with Crippen molar-refractivity contribution in [1.82, 2.24) is 9.78 Å². The van der Waals surface area contributed by atoms with E-state index in [-0.39, 0.29) is 6.61 Å². The first-order chi connectivity index (χ1) is 8.77. The molecule has 1 fully saturated rings. The fraction of sp³-hybridized carbons (Fsp3) is 0.615. The first kappa shape index (κ1) is 14.3. The van der Waals surface area contributed by atoms with E-state index in [0.29, 0.717) is 5.47 Å². The van der Waals surface area contributed by atoms with Gasteiger partial charge in [-0.25, -0.2) is 0 Å². The molecule has 1 aliphatic rings. The van der Waals surface area contributed by atoms with Gasteiger partial charge in [-0.2, -0.15) is 5.10 Å². The molecule has 1 N–H and O–H groups in total. The summed E-state index contributed by atoms with van der Waals surface area (Å²) in [6.07, 6.45) is 3.57. The summed E-state index contributed by atoms with van der Waals surface area (Å²) in [4.78, 5) is 0. The second kappa shape index (κ2) is 4.78. The van der Waals surface area contributed by atoms with Gasteiger partial charge in [-0.05, 0) is 45.3 Å². The van der Waals surface area contributed by atoms with Crippen molar-refractivity contribution in [2.24, 2.45) is 7.05 Å². The molecule has 1 aliphatic heterocycles. The van der Waals surface area contributed by atoms with Crippen molar-refractivity contribution in [3.63, 3.8) is 0 Å². The van der Waals surface area contributed by atoms with Gasteiger partial charge in [0.05, 0.1) is 23.5 Å². The Morgan fingerprint density at radius 1 is 1.37 bits per heavy atom. The average Bonchev–Trinajstić information content (AvgIpc) is 2.78. The quantitative estimate of drug-likeness (QED) is 0.839. The van der Waals surface area contributed by atoms with Gasteiger partial charge in [-0.15, -0.1) is 0 Å². The topological polar surface area (TPSA) is 56.5 Å². The number of nitrogens with zero attached hydrogens (tertiary/aromatic N) is 2. The van der Waals surface area contributed by atoms with Gasteiger partial charge >= 0.3 is 7.12 Å². The number of hydrogen-bond acceptors (Lipinski definition) is 4. The average molecular weight is 264 g/mol. The molecule has 0 amide bonds. The third kappa shape index (κ3) is 2.61. The zero-order valence-electron chi connectivity index (χ0n) is 12.2. The van der Waals surface area contributed by atoms with Crippen LogP contribution in [0, 0.1) is 0 Å². The summed E-state index contributed by atoms with van der Waals surface area (Å²) in [5.41, 5.74) is 0.789. The van der Waals surface area contributed by atoms with Crippen molar-refractivity contribution in [3.8, 4) is 0 Å². The Morgan fingerprint density at radius 2 is 1.95 bits per heavy atom. The summed E-state index contributed by atoms with van der Waals surface area (Å²) >= 11 is 0. The lowest BCUT2D eigenvalue weighted by Crippen LogP contribution is -2.41. The minimum absolute atomic E-state index is 0.109. The maximum atomic E-state index is 9.56. The van der Waals surface area contributed by atoms with E-state index in [1.54, 1.807) is 10.9 Å². The van der Waals surface area contributed by atoms with Gasteiger partial charge in [0.1, 0.15) is 0 Å². The predicted molar refractivity (Wildman–Crippen MR) is 74.4 cm³/mol. The molecule has 6 heteroatoms. The Morgan fingerprint density at radius 3 is 2.37 bits per heavy atom. The zero-order chi connectivity index (χ0) is 14.3. The highest BCUT2D eigenvalue weighted by atomic mass is 16.7. The largest absolute Gasteiger partial charge is 0.492 e. The standard InChI is InChI=1S/C13H21BN2O3/c1-12(2)13(3,4)19-14(18-12)10(9-17)8-11-6-7-15-16(11)5/h6-8,17H,9H2,1-5H3. The van der Waals surface area contributed by atoms with Crippen LogP contribution in [-0.2, 0) is 16.4 Å². The van der Waals surface area contributed by atoms with Crippen molar-refractivity contribution in [2.45, 2.75) is 38.9 Å². The van der Waals surface area contributed by atoms with Crippen molar-refractivity contribution >= 4 is 13.2 Å². The number of aromatic nitrogens is 2. The van der Waals surface area contributed by atoms with Gasteiger partial charge in [0.25, 0.3) is 0 Å². The first-order valence-electron chi connectivity index (χ1n) is 6.42. The smallest absolute Gasteiger partial charge is 0.400 e. The van der Waals surface area contributed by atoms with E-state index < -0.39 is 18.3 Å². The molecule has 1 saturated heterocycles. The lowest BCUT2D eigenvalue weighted by atomic mass is 9.78. The van der Waals surface area contributed by atoms with E-state index in [0.717, 1.165) is 5.69 Å². The van der Waals surface area contributed by atoms with Gasteiger partial charge in [0.15, 0.2) is 0 Å². The molecule has 0 aliphatic carbocycles. The van der Waals surface area contributed by atoms with Crippen LogP contribution in [0.3, 0.4) is 0 Å². The van der Waals surface area contributed by atoms with E-state index in [9.17, 15) is 5.11 Å². The summed E-state index contributed by atoms with van der Waals surface area (Å²) in [6.45, 7) is 7.86. The normalized spacial score (nSPS) is 22.0. The van der Waals surface area contributed by atoms with Crippen molar-refractivity contribution in [1.29, 1.82) is 0 Å². The van der Waals surface area contributed by atoms with Crippen LogP contribution < -0.4 is 0 Å². The van der Waals surface area contributed by atoms with E-state index >= 15 is 0 Å². The van der Waals surface area contributed by atoms with Gasteiger partial charge in [-0.3, -0.25) is 4.68 Å². The number of rotatable bonds is 3. The molecule has 2 rings (SSSR count). The number of aliphatic hydroxyl groups excluding tert-OH is 1. The molecule has 5 nitrogen and oxygen atoms in total. The molecular formula is C13H21BN2O3. The molecule has 0 aromatic carbocycles. The first-order valence-corrected chi connectivity index (χ1v) is 6.42. The van der Waals surface area contributed by atoms with Crippen LogP contribution in [0.2, 0.25) is 0 Å². The van der Waals surface area contributed by atoms with Crippen molar-refractivity contribution < 1.29 is 14.4 Å². The second-order valence-corrected chi connectivity index (χ2v) is 5.85. The van der Waals surface area contributed by atoms with Crippen molar-refractivity contribution in [2.75, 3.05) is 6.61 Å². The van der Waals surface area contributed by atoms with E-state index in [1.807, 2.05) is 46.9 Å². The Hall–Kier alpha value is -1.11. The lowest BCUT2D eigenvalue weighted by molar-refractivity contribution is 0.00578. The monoisotopic (exact) mass is 264 g/mol. The van der Waals surface area contributed by atoms with Crippen LogP contribution in [0.4, 0.5) is 0 Å². The Labute approximate surface area is 114 Å². The molecule has 1 aromatic rings. The Balaban J connectivity index is 2.26. The van der Waals surface area contributed by atoms with Gasteiger partial charge < -0.3 is 14.4 Å². The fourth-order valence-electron chi connectivity index (χ4n) is 1.90. The Kier molecular flexibility index (Phi) is 3.60. The second-order valence-electron chi connectivity index (χ2n) is 5.85. The molecule has 0 spiro atoms. The molecule has 0 unspecified atom stereocenters. The van der Waals surface area contributed by atoms with Crippen LogP contribution >= 0.6 is 0 Å². The minimum Gasteiger partial charge on any atom is -0.400 e. The number of hydrogen-bond donors (Lipinski definition) is 1. The summed E-state index contributed by atoms with van der Waals surface area (Å²) in [5.74, 6) is 0. The zero-order valence-corrected chi connectivity index (χ0v) is 12.2. The number of aliphatic hydroxyl groups is 1. The van der Waals surface area contributed by atoms with Crippen LogP contribution in [0.5, 0.6) is 0 Å². The number of aryl methyl sites for hydroxylation is 1. The maximum Gasteiger partial charge on any atom is 0.492 e. The Bertz CT molecular complexity index is 478. The maximum absolute atomic E-state index is 9.56. The minimum atomic E-state index is -0.523. The van der Waals surface area contributed by atoms with E-state index in [4.69, 9.17) is 9.31 Å². The third-order valence-corrected chi connectivity index (χ3v) is 3.93. The highest BCUT2D eigenvalue weighted by molar-refractivity contribution is 6.55. The summed E-state index contributed by atoms with van der Waals surface area (Å²) in [5, 5.41) is 13.7. The third-order valence-electron chi connectivity index (χ3n) is 3.93. The summed E-state index contributed by atoms with van der Waals surface area (Å²) in [7, 11) is 1.33. The SMILES string of the molecule is Cn1nccc1C=C(CO)B1OC(C)(C)C(C)(C)O1. The highest BCUT2D eigenvalue weighted by Crippen LogP contribution is 2.38. The summed E-state index contributed by atoms with van der Waals surface area (Å²) in [6, 6.07) is 1.88. The molecular weight excluding hydrogens is 243 g/mol. The van der Waals surface area contributed by atoms with Gasteiger partial charge in [0, 0.05) is 13.2 Å². The molecule has 104 valence electrons. The molecule has 0 radical (unpaired) electrons. The van der Waals surface area contributed by atoms with Crippen LogP contribution in [0.1, 0.15) is 33.4 Å². The molecule has 19 heavy (non-hydrogen) atoms. The molecule has 2 heterocycles. The van der Waals surface area contributed by atoms with Crippen LogP contribution in [0.25, 0.3) is 6.08 Å². The predicted octanol–water partition coefficient (Wildman–Crippen LogP) is 1.43. The van der Waals surface area contributed by atoms with Crippen LogP contribution in [-0.4, -0.2) is 39.8 Å². The molecule has 0 atom stereocenters. The lowest BCUT2D eigenvalue weighted by Gasteiger charge is -2.32. The molecule has 1 aromatic heterocycles. The summed E-state index contributed by atoms with van der Waals surface area (Å²) < 4.78 is 13.6. The van der Waals surface area contributed by atoms with Crippen LogP contribution in [0.15, 0.2) is 17.7 Å². The van der Waals surface area contributed by atoms with E-state index in [2.05, 4.69) is 5.10 Å². The van der Waals surface area contributed by atoms with E-state index in [1.165, 1.54) is 0 Å². The van der Waals surface area contributed by atoms with Gasteiger partial charge in [0.2, 0.25) is 0 Å². The fourth-order valence-corrected chi connectivity index (χ4v) is 1.90.